The van der Waals surface area contributed by atoms with Gasteiger partial charge in [-0.2, -0.15) is 4.31 Å². The Morgan fingerprint density at radius 2 is 2.17 bits per heavy atom. The number of hydrogen-bond acceptors (Lipinski definition) is 5. The zero-order chi connectivity index (χ0) is 13.5. The summed E-state index contributed by atoms with van der Waals surface area (Å²) in [7, 11) is -3.85. The fraction of sp³-hybridized carbons (Fsp3) is 0.600. The average molecular weight is 274 g/mol. The Labute approximate surface area is 104 Å². The number of aryl methyl sites for hydroxylation is 2. The molecule has 1 aliphatic heterocycles. The monoisotopic (exact) mass is 274 g/mol. The molecule has 2 rings (SSSR count). The van der Waals surface area contributed by atoms with Crippen LogP contribution in [0.25, 0.3) is 0 Å². The van der Waals surface area contributed by atoms with Crippen LogP contribution in [0.1, 0.15) is 24.3 Å². The molecule has 2 heterocycles. The highest BCUT2D eigenvalue weighted by Crippen LogP contribution is 2.29. The van der Waals surface area contributed by atoms with E-state index in [-0.39, 0.29) is 22.9 Å². The number of nitrogens with zero attached hydrogens (tertiary/aromatic N) is 2. The molecule has 0 saturated carbocycles. The molecule has 1 aromatic rings. The van der Waals surface area contributed by atoms with E-state index in [1.165, 1.54) is 13.8 Å². The minimum atomic E-state index is -3.85. The Morgan fingerprint density at radius 3 is 2.67 bits per heavy atom. The van der Waals surface area contributed by atoms with Crippen molar-refractivity contribution in [3.05, 3.63) is 11.5 Å². The van der Waals surface area contributed by atoms with Gasteiger partial charge >= 0.3 is 5.97 Å². The predicted octanol–water partition coefficient (Wildman–Crippen LogP) is 0.529. The highest BCUT2D eigenvalue weighted by molar-refractivity contribution is 7.89. The molecule has 18 heavy (non-hydrogen) atoms. The summed E-state index contributed by atoms with van der Waals surface area (Å²) in [6.45, 7) is 3.23. The van der Waals surface area contributed by atoms with E-state index in [0.29, 0.717) is 12.8 Å². The molecule has 0 amide bonds. The summed E-state index contributed by atoms with van der Waals surface area (Å²) in [5.41, 5.74) is 0.253. The van der Waals surface area contributed by atoms with Crippen LogP contribution in [0.3, 0.4) is 0 Å². The van der Waals surface area contributed by atoms with Gasteiger partial charge in [-0.1, -0.05) is 5.16 Å². The molecule has 0 unspecified atom stereocenters. The maximum absolute atomic E-state index is 12.4. The number of aliphatic carboxylic acids is 1. The largest absolute Gasteiger partial charge is 0.480 e. The zero-order valence-electron chi connectivity index (χ0n) is 10.1. The van der Waals surface area contributed by atoms with Gasteiger partial charge in [0.1, 0.15) is 16.6 Å². The first-order valence-electron chi connectivity index (χ1n) is 5.53. The summed E-state index contributed by atoms with van der Waals surface area (Å²) in [5.74, 6) is -0.939. The van der Waals surface area contributed by atoms with Crippen molar-refractivity contribution < 1.29 is 22.8 Å². The molecule has 0 bridgehead atoms. The van der Waals surface area contributed by atoms with Gasteiger partial charge in [0.25, 0.3) is 0 Å². The molecule has 0 spiro atoms. The van der Waals surface area contributed by atoms with Crippen LogP contribution in [-0.4, -0.2) is 41.5 Å². The fourth-order valence-corrected chi connectivity index (χ4v) is 4.18. The Kier molecular flexibility index (Phi) is 3.16. The van der Waals surface area contributed by atoms with Crippen LogP contribution in [0.2, 0.25) is 0 Å². The van der Waals surface area contributed by atoms with Gasteiger partial charge in [0, 0.05) is 6.54 Å². The van der Waals surface area contributed by atoms with E-state index in [1.807, 2.05) is 0 Å². The Balaban J connectivity index is 2.46. The number of hydrogen-bond donors (Lipinski definition) is 1. The van der Waals surface area contributed by atoms with Gasteiger partial charge in [-0.3, -0.25) is 4.79 Å². The summed E-state index contributed by atoms with van der Waals surface area (Å²) in [4.78, 5) is 11.0. The molecule has 8 heteroatoms. The molecular formula is C10H14N2O5S. The topological polar surface area (TPSA) is 101 Å². The molecule has 1 fully saturated rings. The van der Waals surface area contributed by atoms with Crippen LogP contribution in [-0.2, 0) is 14.8 Å². The van der Waals surface area contributed by atoms with Crippen LogP contribution < -0.4 is 0 Å². The van der Waals surface area contributed by atoms with E-state index in [0.717, 1.165) is 4.31 Å². The minimum Gasteiger partial charge on any atom is -0.480 e. The molecule has 1 aromatic heterocycles. The normalized spacial score (nSPS) is 21.3. The molecule has 0 aliphatic carbocycles. The lowest BCUT2D eigenvalue weighted by atomic mass is 10.2. The second kappa shape index (κ2) is 4.36. The van der Waals surface area contributed by atoms with Crippen molar-refractivity contribution in [1.82, 2.24) is 9.46 Å². The maximum Gasteiger partial charge on any atom is 0.322 e. The molecule has 1 N–H and O–H groups in total. The highest BCUT2D eigenvalue weighted by Gasteiger charge is 2.41. The van der Waals surface area contributed by atoms with Gasteiger partial charge in [0.2, 0.25) is 10.0 Å². The summed E-state index contributed by atoms with van der Waals surface area (Å²) in [6, 6.07) is -0.997. The number of rotatable bonds is 3. The molecule has 7 nitrogen and oxygen atoms in total. The summed E-state index contributed by atoms with van der Waals surface area (Å²) < 4.78 is 30.7. The summed E-state index contributed by atoms with van der Waals surface area (Å²) in [6.07, 6.45) is 0.873. The standard InChI is InChI=1S/C10H14N2O5S/c1-6-9(7(2)17-11-6)18(15,16)12-5-3-4-8(12)10(13)14/h8H,3-5H2,1-2H3,(H,13,14)/t8-/m0/s1. The van der Waals surface area contributed by atoms with E-state index in [1.54, 1.807) is 0 Å². The Morgan fingerprint density at radius 1 is 1.50 bits per heavy atom. The SMILES string of the molecule is Cc1noc(C)c1S(=O)(=O)N1CCC[C@H]1C(=O)O. The third-order valence-corrected chi connectivity index (χ3v) is 5.18. The van der Waals surface area contributed by atoms with Gasteiger partial charge in [-0.05, 0) is 26.7 Å². The fourth-order valence-electron chi connectivity index (χ4n) is 2.23. The highest BCUT2D eigenvalue weighted by atomic mass is 32.2. The molecule has 1 aliphatic rings. The van der Waals surface area contributed by atoms with Crippen molar-refractivity contribution in [3.63, 3.8) is 0 Å². The van der Waals surface area contributed by atoms with E-state index in [2.05, 4.69) is 5.16 Å². The first-order chi connectivity index (χ1) is 8.35. The first-order valence-corrected chi connectivity index (χ1v) is 6.97. The van der Waals surface area contributed by atoms with Crippen molar-refractivity contribution in [1.29, 1.82) is 0 Å². The molecule has 1 saturated heterocycles. The van der Waals surface area contributed by atoms with Crippen LogP contribution in [0.4, 0.5) is 0 Å². The first kappa shape index (κ1) is 13.0. The number of carboxylic acids is 1. The van der Waals surface area contributed by atoms with Crippen LogP contribution in [0.5, 0.6) is 0 Å². The van der Waals surface area contributed by atoms with Crippen molar-refractivity contribution in [2.24, 2.45) is 0 Å². The zero-order valence-corrected chi connectivity index (χ0v) is 10.9. The van der Waals surface area contributed by atoms with Crippen LogP contribution in [0.15, 0.2) is 9.42 Å². The minimum absolute atomic E-state index is 0.0179. The van der Waals surface area contributed by atoms with Crippen molar-refractivity contribution in [3.8, 4) is 0 Å². The van der Waals surface area contributed by atoms with Crippen LogP contribution in [0, 0.1) is 13.8 Å². The van der Waals surface area contributed by atoms with E-state index >= 15 is 0 Å². The lowest BCUT2D eigenvalue weighted by Crippen LogP contribution is -2.40. The van der Waals surface area contributed by atoms with E-state index in [4.69, 9.17) is 9.63 Å². The lowest BCUT2D eigenvalue weighted by molar-refractivity contribution is -0.140. The number of carbonyl (C=O) groups is 1. The van der Waals surface area contributed by atoms with Gasteiger partial charge in [-0.25, -0.2) is 8.42 Å². The van der Waals surface area contributed by atoms with Crippen molar-refractivity contribution >= 4 is 16.0 Å². The van der Waals surface area contributed by atoms with Crippen molar-refractivity contribution in [2.75, 3.05) is 6.54 Å². The Bertz CT molecular complexity index is 558. The van der Waals surface area contributed by atoms with Crippen molar-refractivity contribution in [2.45, 2.75) is 37.6 Å². The second-order valence-corrected chi connectivity index (χ2v) is 6.09. The van der Waals surface area contributed by atoms with Gasteiger partial charge in [0.15, 0.2) is 5.76 Å². The third kappa shape index (κ3) is 1.91. The molecule has 100 valence electrons. The van der Waals surface area contributed by atoms with Crippen LogP contribution >= 0.6 is 0 Å². The summed E-state index contributed by atoms with van der Waals surface area (Å²) >= 11 is 0. The maximum atomic E-state index is 12.4. The third-order valence-electron chi connectivity index (χ3n) is 3.02. The van der Waals surface area contributed by atoms with Gasteiger partial charge in [-0.15, -0.1) is 0 Å². The molecule has 1 atom stereocenters. The Hall–Kier alpha value is -1.41. The second-order valence-electron chi connectivity index (χ2n) is 4.27. The smallest absolute Gasteiger partial charge is 0.322 e. The predicted molar refractivity (Wildman–Crippen MR) is 60.5 cm³/mol. The number of aromatic nitrogens is 1. The quantitative estimate of drug-likeness (QED) is 0.862. The molecule has 0 aromatic carbocycles. The van der Waals surface area contributed by atoms with Gasteiger partial charge in [0.05, 0.1) is 0 Å². The molecular weight excluding hydrogens is 260 g/mol. The molecule has 0 radical (unpaired) electrons. The number of carboxylic acid groups (broad SMARTS) is 1. The lowest BCUT2D eigenvalue weighted by Gasteiger charge is -2.20. The van der Waals surface area contributed by atoms with E-state index < -0.39 is 22.0 Å². The summed E-state index contributed by atoms with van der Waals surface area (Å²) in [5, 5.41) is 12.6. The van der Waals surface area contributed by atoms with Gasteiger partial charge < -0.3 is 9.63 Å². The average Bonchev–Trinajstić information content (AvgIpc) is 2.85. The number of sulfonamides is 1. The van der Waals surface area contributed by atoms with E-state index in [9.17, 15) is 13.2 Å².